The van der Waals surface area contributed by atoms with Crippen molar-refractivity contribution in [3.8, 4) is 0 Å². The molecule has 17 heavy (non-hydrogen) atoms. The molecular weight excluding hydrogens is 244 g/mol. The van der Waals surface area contributed by atoms with Crippen molar-refractivity contribution in [1.82, 2.24) is 0 Å². The quantitative estimate of drug-likeness (QED) is 0.894. The Morgan fingerprint density at radius 1 is 1.29 bits per heavy atom. The number of nitrogens with one attached hydrogen (secondary N) is 1. The fourth-order valence-electron chi connectivity index (χ4n) is 1.36. The second-order valence-corrected chi connectivity index (χ2v) is 4.26. The van der Waals surface area contributed by atoms with Crippen LogP contribution in [-0.4, -0.2) is 5.91 Å². The Kier molecular flexibility index (Phi) is 3.49. The van der Waals surface area contributed by atoms with Gasteiger partial charge in [0.15, 0.2) is 0 Å². The van der Waals surface area contributed by atoms with Gasteiger partial charge >= 0.3 is 0 Å². The maximum Gasteiger partial charge on any atom is 0.228 e. The van der Waals surface area contributed by atoms with Crippen LogP contribution in [0.3, 0.4) is 0 Å². The maximum absolute atomic E-state index is 13.2. The van der Waals surface area contributed by atoms with Gasteiger partial charge < -0.3 is 5.32 Å². The molecule has 2 rings (SSSR count). The summed E-state index contributed by atoms with van der Waals surface area (Å²) in [7, 11) is 0. The molecule has 0 aliphatic heterocycles. The van der Waals surface area contributed by atoms with Crippen molar-refractivity contribution in [1.29, 1.82) is 0 Å². The van der Waals surface area contributed by atoms with Crippen LogP contribution in [0.5, 0.6) is 0 Å². The van der Waals surface area contributed by atoms with Gasteiger partial charge in [-0.05, 0) is 34.5 Å². The van der Waals surface area contributed by atoms with Crippen LogP contribution in [0.4, 0.5) is 14.5 Å². The lowest BCUT2D eigenvalue weighted by molar-refractivity contribution is -0.115. The summed E-state index contributed by atoms with van der Waals surface area (Å²) in [6.07, 6.45) is 0.181. The van der Waals surface area contributed by atoms with Gasteiger partial charge in [-0.2, -0.15) is 11.3 Å². The third-order valence-electron chi connectivity index (χ3n) is 2.15. The largest absolute Gasteiger partial charge is 0.323 e. The molecule has 0 spiro atoms. The van der Waals surface area contributed by atoms with Crippen LogP contribution in [0.1, 0.15) is 5.56 Å². The van der Waals surface area contributed by atoms with Crippen molar-refractivity contribution in [3.63, 3.8) is 0 Å². The van der Waals surface area contributed by atoms with E-state index in [4.69, 9.17) is 0 Å². The number of halogens is 2. The van der Waals surface area contributed by atoms with E-state index in [2.05, 4.69) is 5.32 Å². The minimum absolute atomic E-state index is 0.00775. The molecule has 0 aliphatic rings. The monoisotopic (exact) mass is 253 g/mol. The molecule has 0 aliphatic carbocycles. The van der Waals surface area contributed by atoms with Crippen LogP contribution in [0.15, 0.2) is 35.0 Å². The van der Waals surface area contributed by atoms with Crippen molar-refractivity contribution in [2.45, 2.75) is 6.42 Å². The molecule has 5 heteroatoms. The summed E-state index contributed by atoms with van der Waals surface area (Å²) >= 11 is 1.49. The van der Waals surface area contributed by atoms with Crippen molar-refractivity contribution in [3.05, 3.63) is 52.2 Å². The van der Waals surface area contributed by atoms with Crippen LogP contribution in [0.2, 0.25) is 0 Å². The summed E-state index contributed by atoms with van der Waals surface area (Å²) in [6, 6.07) is 4.87. The zero-order valence-electron chi connectivity index (χ0n) is 8.74. The molecule has 2 aromatic rings. The molecule has 1 aromatic carbocycles. The van der Waals surface area contributed by atoms with Gasteiger partial charge in [-0.15, -0.1) is 0 Å². The number of benzene rings is 1. The predicted octanol–water partition coefficient (Wildman–Crippen LogP) is 3.21. The normalized spacial score (nSPS) is 10.2. The smallest absolute Gasteiger partial charge is 0.228 e. The summed E-state index contributed by atoms with van der Waals surface area (Å²) in [5.74, 6) is -1.77. The van der Waals surface area contributed by atoms with E-state index in [1.165, 1.54) is 17.4 Å². The molecule has 0 atom stereocenters. The topological polar surface area (TPSA) is 29.1 Å². The van der Waals surface area contributed by atoms with Crippen molar-refractivity contribution < 1.29 is 13.6 Å². The van der Waals surface area contributed by atoms with Crippen molar-refractivity contribution in [2.75, 3.05) is 5.32 Å². The number of hydrogen-bond acceptors (Lipinski definition) is 2. The Balaban J connectivity index is 2.03. The second-order valence-electron chi connectivity index (χ2n) is 3.48. The van der Waals surface area contributed by atoms with Gasteiger partial charge in [-0.3, -0.25) is 4.79 Å². The fourth-order valence-corrected chi connectivity index (χ4v) is 2.03. The van der Waals surface area contributed by atoms with Gasteiger partial charge in [-0.1, -0.05) is 0 Å². The Morgan fingerprint density at radius 2 is 2.12 bits per heavy atom. The summed E-state index contributed by atoms with van der Waals surface area (Å²) in [6.45, 7) is 0. The number of hydrogen-bond donors (Lipinski definition) is 1. The predicted molar refractivity (Wildman–Crippen MR) is 63.0 cm³/mol. The average molecular weight is 253 g/mol. The lowest BCUT2D eigenvalue weighted by Crippen LogP contribution is -2.15. The maximum atomic E-state index is 13.2. The first-order valence-corrected chi connectivity index (χ1v) is 5.85. The Labute approximate surface area is 101 Å². The SMILES string of the molecule is O=C(Cc1ccsc1)Nc1ccc(F)cc1F. The van der Waals surface area contributed by atoms with Gasteiger partial charge in [-0.25, -0.2) is 8.78 Å². The van der Waals surface area contributed by atoms with Gasteiger partial charge in [0.2, 0.25) is 5.91 Å². The number of thiophene rings is 1. The standard InChI is InChI=1S/C12H9F2NOS/c13-9-1-2-11(10(14)6-9)15-12(16)5-8-3-4-17-7-8/h1-4,6-7H,5H2,(H,15,16). The van der Waals surface area contributed by atoms with E-state index in [1.807, 2.05) is 16.8 Å². The van der Waals surface area contributed by atoms with E-state index in [0.717, 1.165) is 17.7 Å². The van der Waals surface area contributed by atoms with Gasteiger partial charge in [0, 0.05) is 6.07 Å². The van der Waals surface area contributed by atoms with E-state index >= 15 is 0 Å². The minimum atomic E-state index is -0.774. The highest BCUT2D eigenvalue weighted by atomic mass is 32.1. The van der Waals surface area contributed by atoms with Crippen molar-refractivity contribution >= 4 is 22.9 Å². The fraction of sp³-hybridized carbons (Fsp3) is 0.0833. The van der Waals surface area contributed by atoms with Crippen LogP contribution in [-0.2, 0) is 11.2 Å². The van der Waals surface area contributed by atoms with E-state index in [1.54, 1.807) is 0 Å². The number of carbonyl (C=O) groups is 1. The third kappa shape index (κ3) is 3.10. The molecule has 88 valence electrons. The zero-order chi connectivity index (χ0) is 12.3. The molecule has 0 bridgehead atoms. The first-order chi connectivity index (χ1) is 8.15. The van der Waals surface area contributed by atoms with E-state index < -0.39 is 11.6 Å². The van der Waals surface area contributed by atoms with E-state index in [9.17, 15) is 13.6 Å². The Morgan fingerprint density at radius 3 is 2.76 bits per heavy atom. The highest BCUT2D eigenvalue weighted by Crippen LogP contribution is 2.15. The first kappa shape index (κ1) is 11.7. The molecule has 0 unspecified atom stereocenters. The van der Waals surface area contributed by atoms with Crippen LogP contribution in [0, 0.1) is 11.6 Å². The van der Waals surface area contributed by atoms with E-state index in [0.29, 0.717) is 0 Å². The minimum Gasteiger partial charge on any atom is -0.323 e. The number of amides is 1. The van der Waals surface area contributed by atoms with Crippen LogP contribution < -0.4 is 5.32 Å². The average Bonchev–Trinajstić information content (AvgIpc) is 2.75. The zero-order valence-corrected chi connectivity index (χ0v) is 9.56. The van der Waals surface area contributed by atoms with Crippen LogP contribution in [0.25, 0.3) is 0 Å². The molecule has 0 radical (unpaired) electrons. The first-order valence-electron chi connectivity index (χ1n) is 4.91. The van der Waals surface area contributed by atoms with Crippen molar-refractivity contribution in [2.24, 2.45) is 0 Å². The number of anilines is 1. The molecule has 1 amide bonds. The highest BCUT2D eigenvalue weighted by molar-refractivity contribution is 7.08. The molecule has 0 saturated carbocycles. The van der Waals surface area contributed by atoms with Gasteiger partial charge in [0.05, 0.1) is 12.1 Å². The Bertz CT molecular complexity index is 525. The molecule has 1 heterocycles. The number of carbonyl (C=O) groups excluding carboxylic acids is 1. The lowest BCUT2D eigenvalue weighted by atomic mass is 10.2. The summed E-state index contributed by atoms with van der Waals surface area (Å²) in [5, 5.41) is 6.11. The molecule has 2 nitrogen and oxygen atoms in total. The molecule has 1 N–H and O–H groups in total. The highest BCUT2D eigenvalue weighted by Gasteiger charge is 2.08. The van der Waals surface area contributed by atoms with Gasteiger partial charge in [0.25, 0.3) is 0 Å². The second kappa shape index (κ2) is 5.05. The summed E-state index contributed by atoms with van der Waals surface area (Å²) in [4.78, 5) is 11.6. The molecular formula is C12H9F2NOS. The van der Waals surface area contributed by atoms with E-state index in [-0.39, 0.29) is 18.0 Å². The summed E-state index contributed by atoms with van der Waals surface area (Å²) in [5.41, 5.74) is 0.863. The summed E-state index contributed by atoms with van der Waals surface area (Å²) < 4.78 is 25.9. The molecule has 0 fully saturated rings. The lowest BCUT2D eigenvalue weighted by Gasteiger charge is -2.05. The Hall–Kier alpha value is -1.75. The van der Waals surface area contributed by atoms with Gasteiger partial charge in [0.1, 0.15) is 11.6 Å². The number of rotatable bonds is 3. The third-order valence-corrected chi connectivity index (χ3v) is 2.88. The molecule has 0 saturated heterocycles. The molecule has 1 aromatic heterocycles. The van der Waals surface area contributed by atoms with Crippen LogP contribution >= 0.6 is 11.3 Å².